The molecular weight excluding hydrogens is 521 g/mol. The van der Waals surface area contributed by atoms with Crippen LogP contribution in [-0.2, 0) is 23.9 Å². The molecule has 0 aromatic heterocycles. The molecule has 212 valence electrons. The second-order valence-corrected chi connectivity index (χ2v) is 10.8. The van der Waals surface area contributed by atoms with Gasteiger partial charge in [-0.3, -0.25) is 19.2 Å². The maximum absolute atomic E-state index is 14.4. The number of nitrogens with zero attached hydrogens (tertiary/aromatic N) is 2. The highest BCUT2D eigenvalue weighted by Gasteiger charge is 2.78. The van der Waals surface area contributed by atoms with Crippen molar-refractivity contribution in [2.75, 3.05) is 13.1 Å². The van der Waals surface area contributed by atoms with Crippen LogP contribution in [0.3, 0.4) is 0 Å². The average molecular weight is 552 g/mol. The molecule has 15 heteroatoms. The molecule has 7 atom stereocenters. The van der Waals surface area contributed by atoms with Crippen molar-refractivity contribution in [1.29, 1.82) is 5.26 Å². The fourth-order valence-corrected chi connectivity index (χ4v) is 5.10. The van der Waals surface area contributed by atoms with E-state index in [1.165, 1.54) is 6.92 Å². The lowest BCUT2D eigenvalue weighted by molar-refractivity contribution is -0.177. The maximum atomic E-state index is 14.4. The van der Waals surface area contributed by atoms with E-state index in [9.17, 15) is 46.4 Å². The van der Waals surface area contributed by atoms with Crippen molar-refractivity contribution in [3.8, 4) is 6.07 Å². The zero-order valence-corrected chi connectivity index (χ0v) is 21.2. The second-order valence-electron chi connectivity index (χ2n) is 10.8. The Morgan fingerprint density at radius 3 is 2.37 bits per heavy atom. The number of nitriles is 1. The predicted octanol–water partition coefficient (Wildman–Crippen LogP) is 0.864. The molecule has 1 aliphatic carbocycles. The van der Waals surface area contributed by atoms with Crippen molar-refractivity contribution in [3.63, 3.8) is 0 Å². The second kappa shape index (κ2) is 10.3. The molecule has 0 radical (unpaired) electrons. The van der Waals surface area contributed by atoms with E-state index >= 15 is 0 Å². The fraction of sp³-hybridized carbons (Fsp3) is 0.783. The number of rotatable bonds is 8. The number of hydrogen-bond donors (Lipinski definition) is 3. The quantitative estimate of drug-likeness (QED) is 0.383. The summed E-state index contributed by atoms with van der Waals surface area (Å²) in [6.07, 6.45) is -6.35. The molecular formula is C23H30F5N5O5. The predicted molar refractivity (Wildman–Crippen MR) is 119 cm³/mol. The van der Waals surface area contributed by atoms with Crippen LogP contribution < -0.4 is 16.0 Å². The standard InChI is InChI=1S/C23H30F5N5O5/c1-10(38-21(2,3)4)15(32-20(37)23(26,27)28)19(36)33-9-13-14(22(13,24)25)16(33)18(35)31-12(8-29)7-11-5-6-30-17(11)34/h10-16H,5-7,9H2,1-4H3,(H,30,34)(H,31,35)(H,32,37)/t10?,11-,12-,13-,14-,15-,16?/m0/s1. The van der Waals surface area contributed by atoms with Gasteiger partial charge < -0.3 is 25.6 Å². The average Bonchev–Trinajstić information content (AvgIpc) is 3.14. The summed E-state index contributed by atoms with van der Waals surface area (Å²) in [5.74, 6) is -12.0. The molecule has 4 amide bonds. The Labute approximate surface area is 215 Å². The molecule has 3 fully saturated rings. The van der Waals surface area contributed by atoms with Gasteiger partial charge in [0.25, 0.3) is 5.92 Å². The van der Waals surface area contributed by atoms with Gasteiger partial charge in [-0.15, -0.1) is 0 Å². The van der Waals surface area contributed by atoms with Crippen LogP contribution in [0.4, 0.5) is 22.0 Å². The van der Waals surface area contributed by atoms with Gasteiger partial charge in [-0.1, -0.05) is 0 Å². The number of carbonyl (C=O) groups excluding carboxylic acids is 4. The van der Waals surface area contributed by atoms with Crippen LogP contribution in [0.1, 0.15) is 40.5 Å². The van der Waals surface area contributed by atoms with Crippen LogP contribution in [0.5, 0.6) is 0 Å². The van der Waals surface area contributed by atoms with Crippen LogP contribution in [0.25, 0.3) is 0 Å². The summed E-state index contributed by atoms with van der Waals surface area (Å²) in [4.78, 5) is 50.8. The fourth-order valence-electron chi connectivity index (χ4n) is 5.10. The first-order chi connectivity index (χ1) is 17.4. The number of hydrogen-bond acceptors (Lipinski definition) is 6. The molecule has 2 saturated heterocycles. The molecule has 10 nitrogen and oxygen atoms in total. The monoisotopic (exact) mass is 551 g/mol. The van der Waals surface area contributed by atoms with Gasteiger partial charge in [-0.25, -0.2) is 8.78 Å². The number of amides is 4. The van der Waals surface area contributed by atoms with Gasteiger partial charge in [0.1, 0.15) is 18.1 Å². The largest absolute Gasteiger partial charge is 0.471 e. The van der Waals surface area contributed by atoms with Gasteiger partial charge in [-0.2, -0.15) is 18.4 Å². The van der Waals surface area contributed by atoms with Crippen molar-refractivity contribution < 1.29 is 45.9 Å². The van der Waals surface area contributed by atoms with Crippen molar-refractivity contribution >= 4 is 23.6 Å². The first-order valence-corrected chi connectivity index (χ1v) is 12.1. The zero-order chi connectivity index (χ0) is 28.8. The van der Waals surface area contributed by atoms with Crippen molar-refractivity contribution in [2.45, 2.75) is 82.5 Å². The van der Waals surface area contributed by atoms with Crippen molar-refractivity contribution in [3.05, 3.63) is 0 Å². The highest BCUT2D eigenvalue weighted by molar-refractivity contribution is 5.95. The minimum Gasteiger partial charge on any atom is -0.370 e. The molecule has 0 bridgehead atoms. The van der Waals surface area contributed by atoms with Gasteiger partial charge in [0.2, 0.25) is 17.7 Å². The molecule has 3 aliphatic rings. The molecule has 38 heavy (non-hydrogen) atoms. The SMILES string of the molecule is CC(OC(C)(C)C)[C@H](NC(=O)C(F)(F)F)C(=O)N1C[C@H]2[C@@H](C1C(=O)N[C@H](C#N)C[C@@H]1CCNC1=O)C2(F)F. The molecule has 0 spiro atoms. The molecule has 2 aliphatic heterocycles. The Morgan fingerprint density at radius 1 is 1.24 bits per heavy atom. The molecule has 0 aromatic carbocycles. The lowest BCUT2D eigenvalue weighted by atomic mass is 9.98. The number of fused-ring (bicyclic) bond motifs is 1. The Balaban J connectivity index is 1.84. The third-order valence-corrected chi connectivity index (χ3v) is 6.86. The summed E-state index contributed by atoms with van der Waals surface area (Å²) in [7, 11) is 0. The summed E-state index contributed by atoms with van der Waals surface area (Å²) < 4.78 is 73.3. The minimum atomic E-state index is -5.34. The van der Waals surface area contributed by atoms with Crippen LogP contribution in [-0.4, -0.2) is 83.5 Å². The van der Waals surface area contributed by atoms with E-state index in [-0.39, 0.29) is 12.3 Å². The van der Waals surface area contributed by atoms with Gasteiger partial charge in [-0.05, 0) is 40.5 Å². The van der Waals surface area contributed by atoms with Gasteiger partial charge >= 0.3 is 12.1 Å². The van der Waals surface area contributed by atoms with Gasteiger partial charge in [0.15, 0.2) is 0 Å². The Kier molecular flexibility index (Phi) is 7.98. The summed E-state index contributed by atoms with van der Waals surface area (Å²) in [6.45, 7) is 5.67. The lowest BCUT2D eigenvalue weighted by Crippen LogP contribution is -2.61. The molecule has 0 aromatic rings. The first-order valence-electron chi connectivity index (χ1n) is 12.1. The van der Waals surface area contributed by atoms with Gasteiger partial charge in [0, 0.05) is 19.0 Å². The van der Waals surface area contributed by atoms with Crippen LogP contribution >= 0.6 is 0 Å². The van der Waals surface area contributed by atoms with Crippen molar-refractivity contribution in [1.82, 2.24) is 20.9 Å². The number of ether oxygens (including phenoxy) is 1. The Bertz CT molecular complexity index is 1020. The smallest absolute Gasteiger partial charge is 0.370 e. The highest BCUT2D eigenvalue weighted by atomic mass is 19.4. The minimum absolute atomic E-state index is 0.0834. The number of nitrogens with one attached hydrogen (secondary N) is 3. The molecule has 1 saturated carbocycles. The summed E-state index contributed by atoms with van der Waals surface area (Å²) in [5, 5.41) is 15.9. The van der Waals surface area contributed by atoms with E-state index in [1.807, 2.05) is 0 Å². The third kappa shape index (κ3) is 6.16. The number of piperidine rings is 1. The third-order valence-electron chi connectivity index (χ3n) is 6.86. The molecule has 3 N–H and O–H groups in total. The van der Waals surface area contributed by atoms with E-state index in [1.54, 1.807) is 32.2 Å². The number of alkyl halides is 5. The maximum Gasteiger partial charge on any atom is 0.471 e. The van der Waals surface area contributed by atoms with Crippen LogP contribution in [0, 0.1) is 29.1 Å². The zero-order valence-electron chi connectivity index (χ0n) is 21.2. The van der Waals surface area contributed by atoms with Crippen LogP contribution in [0.15, 0.2) is 0 Å². The van der Waals surface area contributed by atoms with Crippen molar-refractivity contribution in [2.24, 2.45) is 17.8 Å². The summed E-state index contributed by atoms with van der Waals surface area (Å²) >= 11 is 0. The highest BCUT2D eigenvalue weighted by Crippen LogP contribution is 2.62. The lowest BCUT2D eigenvalue weighted by Gasteiger charge is -2.36. The molecule has 3 rings (SSSR count). The summed E-state index contributed by atoms with van der Waals surface area (Å²) in [6, 6.07) is -3.18. The normalized spacial score (nSPS) is 28.4. The summed E-state index contributed by atoms with van der Waals surface area (Å²) in [5.41, 5.74) is -0.954. The number of likely N-dealkylation sites (tertiary alicyclic amines) is 1. The van der Waals surface area contributed by atoms with E-state index < -0.39 is 83.9 Å². The van der Waals surface area contributed by atoms with E-state index in [0.29, 0.717) is 17.9 Å². The topological polar surface area (TPSA) is 141 Å². The molecule has 2 heterocycles. The molecule has 2 unspecified atom stereocenters. The van der Waals surface area contributed by atoms with Gasteiger partial charge in [0.05, 0.1) is 29.6 Å². The van der Waals surface area contributed by atoms with E-state index in [4.69, 9.17) is 4.74 Å². The first kappa shape index (κ1) is 29.5. The van der Waals surface area contributed by atoms with Crippen LogP contribution in [0.2, 0.25) is 0 Å². The number of halogens is 5. The number of carbonyl (C=O) groups is 4. The Morgan fingerprint density at radius 2 is 1.87 bits per heavy atom. The van der Waals surface area contributed by atoms with E-state index in [2.05, 4.69) is 10.6 Å². The Hall–Kier alpha value is -3.02. The van der Waals surface area contributed by atoms with E-state index in [0.717, 1.165) is 0 Å².